The Kier molecular flexibility index (Phi) is 3.20. The number of halogens is 1. The second kappa shape index (κ2) is 5.11. The number of alkyl halides is 1. The molecule has 22 heavy (non-hydrogen) atoms. The fraction of sp³-hybridized carbons (Fsp3) is 0.250. The van der Waals surface area contributed by atoms with Crippen molar-refractivity contribution in [3.63, 3.8) is 0 Å². The monoisotopic (exact) mass is 330 g/mol. The van der Waals surface area contributed by atoms with Gasteiger partial charge in [-0.05, 0) is 40.0 Å². The van der Waals surface area contributed by atoms with Gasteiger partial charge in [0.1, 0.15) is 11.3 Å². The third-order valence-corrected chi connectivity index (χ3v) is 4.85. The number of hydrogen-bond donors (Lipinski definition) is 1. The van der Waals surface area contributed by atoms with Crippen molar-refractivity contribution >= 4 is 46.1 Å². The van der Waals surface area contributed by atoms with Crippen LogP contribution in [0, 0.1) is 0 Å². The summed E-state index contributed by atoms with van der Waals surface area (Å²) in [5.74, 6) is 1.26. The highest BCUT2D eigenvalue weighted by Gasteiger charge is 2.23. The van der Waals surface area contributed by atoms with Crippen LogP contribution in [0.25, 0.3) is 17.3 Å². The van der Waals surface area contributed by atoms with Crippen molar-refractivity contribution in [2.45, 2.75) is 25.3 Å². The van der Waals surface area contributed by atoms with E-state index >= 15 is 0 Å². The normalized spacial score (nSPS) is 17.5. The minimum atomic E-state index is -0.278. The van der Waals surface area contributed by atoms with Crippen LogP contribution < -0.4 is 5.32 Å². The Hall–Kier alpha value is -1.85. The number of nitrogens with zero attached hydrogens (tertiary/aromatic N) is 3. The van der Waals surface area contributed by atoms with Crippen molar-refractivity contribution in [1.82, 2.24) is 14.6 Å². The van der Waals surface area contributed by atoms with Crippen LogP contribution in [0.15, 0.2) is 29.1 Å². The van der Waals surface area contributed by atoms with E-state index in [1.54, 1.807) is 11.3 Å². The second-order valence-corrected chi connectivity index (χ2v) is 6.89. The quantitative estimate of drug-likeness (QED) is 0.557. The SMILES string of the molecule is CC(C)c1cc2ncc3c(n2n1)NC(Cl)C(c1ccsc1)=C3. The third kappa shape index (κ3) is 2.12. The smallest absolute Gasteiger partial charge is 0.157 e. The lowest BCUT2D eigenvalue weighted by Gasteiger charge is -2.23. The Morgan fingerprint density at radius 2 is 2.27 bits per heavy atom. The van der Waals surface area contributed by atoms with E-state index in [0.29, 0.717) is 5.92 Å². The molecule has 3 aromatic rings. The number of thiophene rings is 1. The molecule has 1 aliphatic heterocycles. The number of hydrogen-bond acceptors (Lipinski definition) is 4. The lowest BCUT2D eigenvalue weighted by Crippen LogP contribution is -2.21. The molecule has 4 heterocycles. The van der Waals surface area contributed by atoms with Crippen molar-refractivity contribution in [2.24, 2.45) is 0 Å². The average Bonchev–Trinajstić information content (AvgIpc) is 3.16. The molecule has 0 saturated carbocycles. The van der Waals surface area contributed by atoms with E-state index in [4.69, 9.17) is 11.6 Å². The van der Waals surface area contributed by atoms with Gasteiger partial charge in [0.05, 0.1) is 5.69 Å². The first-order valence-electron chi connectivity index (χ1n) is 7.17. The highest BCUT2D eigenvalue weighted by Crippen LogP contribution is 2.35. The molecular weight excluding hydrogens is 316 g/mol. The first-order valence-corrected chi connectivity index (χ1v) is 8.55. The van der Waals surface area contributed by atoms with Crippen molar-refractivity contribution in [1.29, 1.82) is 0 Å². The fourth-order valence-electron chi connectivity index (χ4n) is 2.59. The van der Waals surface area contributed by atoms with Gasteiger partial charge >= 0.3 is 0 Å². The molecule has 1 unspecified atom stereocenters. The Labute approximate surface area is 137 Å². The molecule has 0 bridgehead atoms. The topological polar surface area (TPSA) is 42.2 Å². The summed E-state index contributed by atoms with van der Waals surface area (Å²) < 4.78 is 1.85. The maximum atomic E-state index is 6.54. The summed E-state index contributed by atoms with van der Waals surface area (Å²) in [5.41, 5.74) is 4.80. The maximum Gasteiger partial charge on any atom is 0.157 e. The van der Waals surface area contributed by atoms with Gasteiger partial charge < -0.3 is 5.32 Å². The zero-order chi connectivity index (χ0) is 15.3. The molecule has 0 saturated heterocycles. The average molecular weight is 331 g/mol. The molecule has 112 valence electrons. The summed E-state index contributed by atoms with van der Waals surface area (Å²) in [6.45, 7) is 4.25. The molecule has 0 aliphatic carbocycles. The van der Waals surface area contributed by atoms with Gasteiger partial charge in [0.15, 0.2) is 5.65 Å². The summed E-state index contributed by atoms with van der Waals surface area (Å²) in [4.78, 5) is 4.51. The fourth-order valence-corrected chi connectivity index (χ4v) is 3.55. The van der Waals surface area contributed by atoms with Crippen molar-refractivity contribution in [2.75, 3.05) is 5.32 Å². The van der Waals surface area contributed by atoms with Gasteiger partial charge in [0.2, 0.25) is 0 Å². The van der Waals surface area contributed by atoms with Crippen LogP contribution in [0.3, 0.4) is 0 Å². The van der Waals surface area contributed by atoms with Gasteiger partial charge in [0.25, 0.3) is 0 Å². The predicted octanol–water partition coefficient (Wildman–Crippen LogP) is 4.45. The standard InChI is InChI=1S/C16H15ClN4S/c1-9(2)13-6-14-18-7-11-5-12(10-3-4-22-8-10)15(17)19-16(11)21(14)20-13/h3-9,15,19H,1-2H3. The van der Waals surface area contributed by atoms with E-state index in [9.17, 15) is 0 Å². The Balaban J connectivity index is 1.89. The van der Waals surface area contributed by atoms with E-state index in [2.05, 4.69) is 52.1 Å². The number of aromatic nitrogens is 3. The number of nitrogens with one attached hydrogen (secondary N) is 1. The minimum absolute atomic E-state index is 0.278. The summed E-state index contributed by atoms with van der Waals surface area (Å²) in [6.07, 6.45) is 3.97. The molecule has 6 heteroatoms. The van der Waals surface area contributed by atoms with Gasteiger partial charge in [-0.1, -0.05) is 25.4 Å². The molecule has 1 atom stereocenters. The Morgan fingerprint density at radius 1 is 1.41 bits per heavy atom. The van der Waals surface area contributed by atoms with E-state index in [-0.39, 0.29) is 5.50 Å². The highest BCUT2D eigenvalue weighted by atomic mass is 35.5. The van der Waals surface area contributed by atoms with E-state index in [0.717, 1.165) is 33.9 Å². The van der Waals surface area contributed by atoms with Crippen LogP contribution in [0.4, 0.5) is 5.82 Å². The van der Waals surface area contributed by atoms with Gasteiger partial charge in [-0.3, -0.25) is 0 Å². The van der Waals surface area contributed by atoms with Crippen LogP contribution in [0.2, 0.25) is 0 Å². The van der Waals surface area contributed by atoms with Crippen LogP contribution in [-0.2, 0) is 0 Å². The zero-order valence-electron chi connectivity index (χ0n) is 12.2. The van der Waals surface area contributed by atoms with E-state index < -0.39 is 0 Å². The molecular formula is C16H15ClN4S. The molecule has 3 aromatic heterocycles. The minimum Gasteiger partial charge on any atom is -0.350 e. The largest absolute Gasteiger partial charge is 0.350 e. The van der Waals surface area contributed by atoms with E-state index in [1.165, 1.54) is 0 Å². The summed E-state index contributed by atoms with van der Waals surface area (Å²) >= 11 is 8.20. The van der Waals surface area contributed by atoms with E-state index in [1.807, 2.05) is 16.8 Å². The van der Waals surface area contributed by atoms with Gasteiger partial charge in [0, 0.05) is 17.8 Å². The molecule has 0 fully saturated rings. The van der Waals surface area contributed by atoms with Crippen LogP contribution in [0.5, 0.6) is 0 Å². The lowest BCUT2D eigenvalue weighted by molar-refractivity contribution is 0.786. The Morgan fingerprint density at radius 3 is 3.00 bits per heavy atom. The maximum absolute atomic E-state index is 6.54. The molecule has 4 nitrogen and oxygen atoms in total. The molecule has 1 aliphatic rings. The van der Waals surface area contributed by atoms with Crippen LogP contribution in [-0.4, -0.2) is 20.1 Å². The van der Waals surface area contributed by atoms with Crippen LogP contribution >= 0.6 is 22.9 Å². The number of anilines is 1. The summed E-state index contributed by atoms with van der Waals surface area (Å²) in [6, 6.07) is 4.10. The third-order valence-electron chi connectivity index (χ3n) is 3.82. The highest BCUT2D eigenvalue weighted by molar-refractivity contribution is 7.08. The molecule has 0 radical (unpaired) electrons. The summed E-state index contributed by atoms with van der Waals surface area (Å²) in [7, 11) is 0. The van der Waals surface area contributed by atoms with Gasteiger partial charge in [-0.2, -0.15) is 21.0 Å². The number of fused-ring (bicyclic) bond motifs is 3. The lowest BCUT2D eigenvalue weighted by atomic mass is 10.0. The first-order chi connectivity index (χ1) is 10.6. The molecule has 0 aromatic carbocycles. The molecule has 0 spiro atoms. The Bertz CT molecular complexity index is 864. The predicted molar refractivity (Wildman–Crippen MR) is 92.5 cm³/mol. The molecule has 1 N–H and O–H groups in total. The van der Waals surface area contributed by atoms with Gasteiger partial charge in [-0.15, -0.1) is 0 Å². The second-order valence-electron chi connectivity index (χ2n) is 5.67. The zero-order valence-corrected chi connectivity index (χ0v) is 13.8. The van der Waals surface area contributed by atoms with Crippen molar-refractivity contribution in [3.05, 3.63) is 45.9 Å². The van der Waals surface area contributed by atoms with Crippen molar-refractivity contribution in [3.8, 4) is 0 Å². The van der Waals surface area contributed by atoms with Crippen LogP contribution in [0.1, 0.15) is 36.6 Å². The number of rotatable bonds is 2. The molecule has 4 rings (SSSR count). The van der Waals surface area contributed by atoms with Crippen molar-refractivity contribution < 1.29 is 0 Å². The van der Waals surface area contributed by atoms with Gasteiger partial charge in [-0.25, -0.2) is 4.98 Å². The first kappa shape index (κ1) is 13.8. The molecule has 0 amide bonds. The summed E-state index contributed by atoms with van der Waals surface area (Å²) in [5, 5.41) is 12.2.